The van der Waals surface area contributed by atoms with E-state index in [1.165, 1.54) is 11.3 Å². The molecule has 0 bridgehead atoms. The quantitative estimate of drug-likeness (QED) is 0.757. The minimum Gasteiger partial charge on any atom is -0.486 e. The molecule has 1 N–H and O–H groups in total. The van der Waals surface area contributed by atoms with Crippen molar-refractivity contribution in [3.8, 4) is 11.5 Å². The molecule has 136 valence electrons. The first-order chi connectivity index (χ1) is 12.6. The molecule has 2 aromatic heterocycles. The van der Waals surface area contributed by atoms with Crippen LogP contribution in [0.5, 0.6) is 11.5 Å². The van der Waals surface area contributed by atoms with Gasteiger partial charge in [-0.15, -0.1) is 0 Å². The van der Waals surface area contributed by atoms with Gasteiger partial charge >= 0.3 is 6.03 Å². The zero-order valence-electron chi connectivity index (χ0n) is 14.5. The maximum Gasteiger partial charge on any atom is 0.317 e. The lowest BCUT2D eigenvalue weighted by Crippen LogP contribution is -2.45. The maximum absolute atomic E-state index is 12.3. The van der Waals surface area contributed by atoms with Gasteiger partial charge in [-0.2, -0.15) is 5.10 Å². The summed E-state index contributed by atoms with van der Waals surface area (Å²) in [6.07, 6.45) is 1.62. The van der Waals surface area contributed by atoms with Gasteiger partial charge in [0.1, 0.15) is 11.6 Å². The Balaban J connectivity index is 1.30. The smallest absolute Gasteiger partial charge is 0.317 e. The Bertz CT molecular complexity index is 906. The van der Waals surface area contributed by atoms with Crippen LogP contribution in [0.15, 0.2) is 30.5 Å². The van der Waals surface area contributed by atoms with Crippen LogP contribution in [0.4, 0.5) is 4.79 Å². The van der Waals surface area contributed by atoms with E-state index in [1.807, 2.05) is 37.4 Å². The van der Waals surface area contributed by atoms with Crippen molar-refractivity contribution in [1.82, 2.24) is 24.8 Å². The monoisotopic (exact) mass is 373 g/mol. The lowest BCUT2D eigenvalue weighted by Gasteiger charge is -2.29. The fourth-order valence-corrected chi connectivity index (χ4v) is 3.52. The van der Waals surface area contributed by atoms with E-state index < -0.39 is 0 Å². The predicted octanol–water partition coefficient (Wildman–Crippen LogP) is 2.08. The number of nitrogens with zero attached hydrogens (tertiary/aromatic N) is 4. The molecule has 0 radical (unpaired) electrons. The van der Waals surface area contributed by atoms with Crippen LogP contribution in [0.25, 0.3) is 4.96 Å². The molecule has 2 amide bonds. The maximum atomic E-state index is 12.3. The highest BCUT2D eigenvalue weighted by atomic mass is 32.1. The number of aryl methyl sites for hydroxylation is 1. The van der Waals surface area contributed by atoms with Crippen LogP contribution in [-0.4, -0.2) is 51.8 Å². The zero-order chi connectivity index (χ0) is 18.1. The number of aromatic nitrogens is 3. The second kappa shape index (κ2) is 6.83. The highest BCUT2D eigenvalue weighted by molar-refractivity contribution is 7.16. The standard InChI is InChI=1S/C17H19N5O3S/c1-11-20-22-8-12(19-17(22)26-11)7-18-16(23)21(2)9-13-10-24-14-5-3-4-6-15(14)25-13/h3-6,8,13H,7,9-10H2,1-2H3,(H,18,23)/t13-/m1/s1. The highest BCUT2D eigenvalue weighted by Gasteiger charge is 2.23. The third-order valence-electron chi connectivity index (χ3n) is 4.01. The summed E-state index contributed by atoms with van der Waals surface area (Å²) in [5.41, 5.74) is 0.775. The first-order valence-corrected chi connectivity index (χ1v) is 9.09. The summed E-state index contributed by atoms with van der Waals surface area (Å²) >= 11 is 1.52. The average molecular weight is 373 g/mol. The van der Waals surface area contributed by atoms with E-state index >= 15 is 0 Å². The summed E-state index contributed by atoms with van der Waals surface area (Å²) in [5, 5.41) is 8.13. The first kappa shape index (κ1) is 16.6. The van der Waals surface area contributed by atoms with Gasteiger partial charge < -0.3 is 19.7 Å². The molecule has 4 rings (SSSR count). The van der Waals surface area contributed by atoms with Gasteiger partial charge in [0.2, 0.25) is 4.96 Å². The number of hydrogen-bond acceptors (Lipinski definition) is 6. The van der Waals surface area contributed by atoms with Crippen molar-refractivity contribution in [1.29, 1.82) is 0 Å². The van der Waals surface area contributed by atoms with Gasteiger partial charge in [0.25, 0.3) is 0 Å². The molecule has 1 aliphatic heterocycles. The van der Waals surface area contributed by atoms with E-state index in [1.54, 1.807) is 16.5 Å². The van der Waals surface area contributed by atoms with Gasteiger partial charge in [-0.25, -0.2) is 14.3 Å². The number of nitrogens with one attached hydrogen (secondary N) is 1. The molecular formula is C17H19N5O3S. The molecule has 1 aromatic carbocycles. The number of para-hydroxylation sites is 2. The van der Waals surface area contributed by atoms with Crippen LogP contribution in [-0.2, 0) is 6.54 Å². The Kier molecular flexibility index (Phi) is 4.37. The van der Waals surface area contributed by atoms with Crippen molar-refractivity contribution in [2.24, 2.45) is 0 Å². The number of amides is 2. The van der Waals surface area contributed by atoms with Crippen LogP contribution in [0, 0.1) is 6.92 Å². The Morgan fingerprint density at radius 3 is 3.04 bits per heavy atom. The number of likely N-dealkylation sites (N-methyl/N-ethyl adjacent to an activating group) is 1. The van der Waals surface area contributed by atoms with Crippen LogP contribution < -0.4 is 14.8 Å². The number of carbonyl (C=O) groups is 1. The summed E-state index contributed by atoms with van der Waals surface area (Å²) < 4.78 is 13.3. The molecule has 0 aliphatic carbocycles. The SMILES string of the molecule is Cc1nn2cc(CNC(=O)N(C)C[C@@H]3COc4ccccc4O3)nc2s1. The van der Waals surface area contributed by atoms with Crippen molar-refractivity contribution in [3.63, 3.8) is 0 Å². The Hall–Kier alpha value is -2.81. The number of hydrogen-bond donors (Lipinski definition) is 1. The first-order valence-electron chi connectivity index (χ1n) is 8.27. The normalized spacial score (nSPS) is 15.8. The second-order valence-electron chi connectivity index (χ2n) is 6.12. The van der Waals surface area contributed by atoms with Gasteiger partial charge in [0.15, 0.2) is 17.6 Å². The molecule has 1 aliphatic rings. The van der Waals surface area contributed by atoms with E-state index in [0.29, 0.717) is 25.4 Å². The third kappa shape index (κ3) is 3.43. The van der Waals surface area contributed by atoms with Crippen molar-refractivity contribution < 1.29 is 14.3 Å². The van der Waals surface area contributed by atoms with Gasteiger partial charge in [-0.1, -0.05) is 23.5 Å². The molecule has 1 atom stereocenters. The second-order valence-corrected chi connectivity index (χ2v) is 7.28. The Morgan fingerprint density at radius 2 is 2.23 bits per heavy atom. The van der Waals surface area contributed by atoms with Crippen molar-refractivity contribution in [2.45, 2.75) is 19.6 Å². The van der Waals surface area contributed by atoms with Crippen LogP contribution >= 0.6 is 11.3 Å². The van der Waals surface area contributed by atoms with Gasteiger partial charge in [-0.3, -0.25) is 0 Å². The molecular weight excluding hydrogens is 354 g/mol. The molecule has 0 saturated carbocycles. The predicted molar refractivity (Wildman–Crippen MR) is 96.8 cm³/mol. The molecule has 26 heavy (non-hydrogen) atoms. The number of rotatable bonds is 4. The van der Waals surface area contributed by atoms with Crippen LogP contribution in [0.3, 0.4) is 0 Å². The van der Waals surface area contributed by atoms with E-state index in [0.717, 1.165) is 21.4 Å². The lowest BCUT2D eigenvalue weighted by atomic mass is 10.2. The molecule has 0 spiro atoms. The summed E-state index contributed by atoms with van der Waals surface area (Å²) in [6, 6.07) is 7.34. The number of carbonyl (C=O) groups excluding carboxylic acids is 1. The molecule has 3 aromatic rings. The largest absolute Gasteiger partial charge is 0.486 e. The van der Waals surface area contributed by atoms with E-state index in [-0.39, 0.29) is 12.1 Å². The average Bonchev–Trinajstić information content (AvgIpc) is 3.16. The third-order valence-corrected chi connectivity index (χ3v) is 4.84. The van der Waals surface area contributed by atoms with E-state index in [9.17, 15) is 4.79 Å². The minimum atomic E-state index is -0.203. The number of imidazole rings is 1. The van der Waals surface area contributed by atoms with Gasteiger partial charge in [-0.05, 0) is 19.1 Å². The van der Waals surface area contributed by atoms with Crippen LogP contribution in [0.2, 0.25) is 0 Å². The van der Waals surface area contributed by atoms with Crippen molar-refractivity contribution in [3.05, 3.63) is 41.2 Å². The van der Waals surface area contributed by atoms with Gasteiger partial charge in [0, 0.05) is 7.05 Å². The number of benzene rings is 1. The lowest BCUT2D eigenvalue weighted by molar-refractivity contribution is 0.0715. The van der Waals surface area contributed by atoms with Gasteiger partial charge in [0.05, 0.1) is 25.0 Å². The Labute approximate surface area is 154 Å². The Morgan fingerprint density at radius 1 is 1.42 bits per heavy atom. The van der Waals surface area contributed by atoms with Crippen LogP contribution in [0.1, 0.15) is 10.7 Å². The molecule has 0 fully saturated rings. The summed E-state index contributed by atoms with van der Waals surface area (Å²) in [4.78, 5) is 19.2. The summed E-state index contributed by atoms with van der Waals surface area (Å²) in [5.74, 6) is 1.44. The molecule has 8 nitrogen and oxygen atoms in total. The van der Waals surface area contributed by atoms with Crippen molar-refractivity contribution >= 4 is 22.3 Å². The van der Waals surface area contributed by atoms with E-state index in [2.05, 4.69) is 15.4 Å². The summed E-state index contributed by atoms with van der Waals surface area (Å²) in [7, 11) is 1.73. The number of ether oxygens (including phenoxy) is 2. The fraction of sp³-hybridized carbons (Fsp3) is 0.353. The highest BCUT2D eigenvalue weighted by Crippen LogP contribution is 2.30. The fourth-order valence-electron chi connectivity index (χ4n) is 2.77. The summed E-state index contributed by atoms with van der Waals surface area (Å²) in [6.45, 7) is 3.13. The topological polar surface area (TPSA) is 81.0 Å². The minimum absolute atomic E-state index is 0.187. The molecule has 0 unspecified atom stereocenters. The molecule has 3 heterocycles. The number of fused-ring (bicyclic) bond motifs is 2. The van der Waals surface area contributed by atoms with E-state index in [4.69, 9.17) is 9.47 Å². The number of urea groups is 1. The molecule has 0 saturated heterocycles. The zero-order valence-corrected chi connectivity index (χ0v) is 15.3. The molecule has 9 heteroatoms. The van der Waals surface area contributed by atoms with Crippen molar-refractivity contribution in [2.75, 3.05) is 20.2 Å².